The molecule has 4 rings (SSSR count). The SMILES string of the molecule is O=C(NC12CCC(CC1)C2)C(=O)NC12CCC(CC1)C2. The summed E-state index contributed by atoms with van der Waals surface area (Å²) >= 11 is 0. The van der Waals surface area contributed by atoms with Gasteiger partial charge in [-0.2, -0.15) is 0 Å². The van der Waals surface area contributed by atoms with Crippen LogP contribution in [0.3, 0.4) is 0 Å². The molecule has 0 unspecified atom stereocenters. The summed E-state index contributed by atoms with van der Waals surface area (Å²) in [6.45, 7) is 0. The van der Waals surface area contributed by atoms with Gasteiger partial charge in [-0.15, -0.1) is 0 Å². The van der Waals surface area contributed by atoms with Crippen molar-refractivity contribution >= 4 is 11.8 Å². The monoisotopic (exact) mass is 276 g/mol. The molecule has 0 heterocycles. The van der Waals surface area contributed by atoms with Crippen molar-refractivity contribution in [1.82, 2.24) is 10.6 Å². The molecule has 0 atom stereocenters. The number of amides is 2. The summed E-state index contributed by atoms with van der Waals surface area (Å²) in [4.78, 5) is 24.4. The second kappa shape index (κ2) is 4.22. The van der Waals surface area contributed by atoms with Crippen LogP contribution in [0.1, 0.15) is 64.2 Å². The number of carbonyl (C=O) groups is 2. The minimum Gasteiger partial charge on any atom is -0.342 e. The van der Waals surface area contributed by atoms with Crippen LogP contribution >= 0.6 is 0 Å². The molecule has 4 bridgehead atoms. The Morgan fingerprint density at radius 1 is 0.700 bits per heavy atom. The van der Waals surface area contributed by atoms with E-state index in [2.05, 4.69) is 10.6 Å². The summed E-state index contributed by atoms with van der Waals surface area (Å²) in [6, 6.07) is 0. The molecule has 4 saturated carbocycles. The Bertz CT molecular complexity index is 401. The van der Waals surface area contributed by atoms with Gasteiger partial charge in [-0.05, 0) is 76.0 Å². The third-order valence-electron chi connectivity index (χ3n) is 6.45. The molecule has 0 aliphatic heterocycles. The highest BCUT2D eigenvalue weighted by molar-refractivity contribution is 6.35. The maximum absolute atomic E-state index is 12.2. The van der Waals surface area contributed by atoms with Crippen molar-refractivity contribution in [2.24, 2.45) is 11.8 Å². The number of fused-ring (bicyclic) bond motifs is 4. The highest BCUT2D eigenvalue weighted by Crippen LogP contribution is 2.48. The summed E-state index contributed by atoms with van der Waals surface area (Å²) < 4.78 is 0. The summed E-state index contributed by atoms with van der Waals surface area (Å²) in [6.07, 6.45) is 11.3. The fourth-order valence-electron chi connectivity index (χ4n) is 5.33. The van der Waals surface area contributed by atoms with E-state index >= 15 is 0 Å². The normalized spacial score (nSPS) is 44.8. The minimum absolute atomic E-state index is 0.0509. The molecule has 4 aliphatic rings. The third-order valence-corrected chi connectivity index (χ3v) is 6.45. The summed E-state index contributed by atoms with van der Waals surface area (Å²) in [7, 11) is 0. The van der Waals surface area contributed by atoms with Crippen LogP contribution in [0.4, 0.5) is 0 Å². The Hall–Kier alpha value is -1.06. The van der Waals surface area contributed by atoms with E-state index in [1.54, 1.807) is 0 Å². The second-order valence-electron chi connectivity index (χ2n) is 7.76. The molecule has 110 valence electrons. The number of nitrogens with one attached hydrogen (secondary N) is 2. The standard InChI is InChI=1S/C16H24N2O2/c19-13(17-15-5-1-11(9-15)2-6-15)14(20)18-16-7-3-12(10-16)4-8-16/h11-12H,1-10H2,(H,17,19)(H,18,20). The fraction of sp³-hybridized carbons (Fsp3) is 0.875. The van der Waals surface area contributed by atoms with E-state index in [1.165, 1.54) is 25.7 Å². The van der Waals surface area contributed by atoms with Gasteiger partial charge in [0, 0.05) is 11.1 Å². The van der Waals surface area contributed by atoms with Crippen molar-refractivity contribution in [2.75, 3.05) is 0 Å². The Morgan fingerprint density at radius 3 is 1.30 bits per heavy atom. The average Bonchev–Trinajstić information content (AvgIpc) is 3.17. The van der Waals surface area contributed by atoms with Crippen LogP contribution in [0.2, 0.25) is 0 Å². The zero-order valence-corrected chi connectivity index (χ0v) is 12.0. The van der Waals surface area contributed by atoms with Crippen molar-refractivity contribution in [2.45, 2.75) is 75.3 Å². The van der Waals surface area contributed by atoms with Gasteiger partial charge in [-0.1, -0.05) is 0 Å². The summed E-state index contributed by atoms with van der Waals surface area (Å²) in [5.74, 6) is 0.777. The van der Waals surface area contributed by atoms with Crippen LogP contribution in [0.5, 0.6) is 0 Å². The Balaban J connectivity index is 1.38. The first-order chi connectivity index (χ1) is 9.58. The Kier molecular flexibility index (Phi) is 2.67. The molecule has 0 radical (unpaired) electrons. The maximum atomic E-state index is 12.2. The Labute approximate surface area is 120 Å². The third kappa shape index (κ3) is 1.95. The predicted molar refractivity (Wildman–Crippen MR) is 74.9 cm³/mol. The van der Waals surface area contributed by atoms with E-state index in [0.717, 1.165) is 50.4 Å². The van der Waals surface area contributed by atoms with Gasteiger partial charge in [0.2, 0.25) is 0 Å². The van der Waals surface area contributed by atoms with Crippen molar-refractivity contribution in [3.8, 4) is 0 Å². The average molecular weight is 276 g/mol. The van der Waals surface area contributed by atoms with E-state index in [9.17, 15) is 9.59 Å². The molecule has 0 aromatic carbocycles. The Morgan fingerprint density at radius 2 is 1.05 bits per heavy atom. The molecule has 0 aromatic heterocycles. The zero-order valence-electron chi connectivity index (χ0n) is 12.0. The molecule has 20 heavy (non-hydrogen) atoms. The molecule has 2 amide bonds. The van der Waals surface area contributed by atoms with E-state index in [4.69, 9.17) is 0 Å². The lowest BCUT2D eigenvalue weighted by atomic mass is 9.93. The van der Waals surface area contributed by atoms with Crippen molar-refractivity contribution in [1.29, 1.82) is 0 Å². The van der Waals surface area contributed by atoms with E-state index in [1.807, 2.05) is 0 Å². The van der Waals surface area contributed by atoms with Gasteiger partial charge < -0.3 is 10.6 Å². The first-order valence-electron chi connectivity index (χ1n) is 8.23. The highest BCUT2D eigenvalue weighted by Gasteiger charge is 2.48. The number of carbonyl (C=O) groups excluding carboxylic acids is 2. The van der Waals surface area contributed by atoms with E-state index < -0.39 is 11.8 Å². The zero-order chi connectivity index (χ0) is 13.8. The molecular weight excluding hydrogens is 252 g/mol. The number of hydrogen-bond donors (Lipinski definition) is 2. The molecule has 4 fully saturated rings. The van der Waals surface area contributed by atoms with Crippen molar-refractivity contribution in [3.05, 3.63) is 0 Å². The van der Waals surface area contributed by atoms with Crippen LogP contribution in [0, 0.1) is 11.8 Å². The van der Waals surface area contributed by atoms with Gasteiger partial charge in [-0.3, -0.25) is 9.59 Å². The van der Waals surface area contributed by atoms with E-state index in [-0.39, 0.29) is 11.1 Å². The number of rotatable bonds is 2. The smallest absolute Gasteiger partial charge is 0.309 e. The maximum Gasteiger partial charge on any atom is 0.309 e. The molecule has 0 spiro atoms. The van der Waals surface area contributed by atoms with Crippen LogP contribution in [0.25, 0.3) is 0 Å². The van der Waals surface area contributed by atoms with Gasteiger partial charge in [0.15, 0.2) is 0 Å². The first-order valence-corrected chi connectivity index (χ1v) is 8.23. The topological polar surface area (TPSA) is 58.2 Å². The van der Waals surface area contributed by atoms with Gasteiger partial charge in [0.1, 0.15) is 0 Å². The molecule has 4 aliphatic carbocycles. The lowest BCUT2D eigenvalue weighted by Gasteiger charge is -2.30. The van der Waals surface area contributed by atoms with Crippen LogP contribution in [-0.4, -0.2) is 22.9 Å². The van der Waals surface area contributed by atoms with Crippen LogP contribution in [0.15, 0.2) is 0 Å². The highest BCUT2D eigenvalue weighted by atomic mass is 16.2. The van der Waals surface area contributed by atoms with Gasteiger partial charge in [0.05, 0.1) is 0 Å². The molecule has 4 heteroatoms. The fourth-order valence-corrected chi connectivity index (χ4v) is 5.33. The molecule has 0 aromatic rings. The lowest BCUT2D eigenvalue weighted by molar-refractivity contribution is -0.141. The summed E-state index contributed by atoms with van der Waals surface area (Å²) in [5.41, 5.74) is -0.102. The first kappa shape index (κ1) is 12.7. The lowest BCUT2D eigenvalue weighted by Crippen LogP contribution is -2.55. The molecule has 4 nitrogen and oxygen atoms in total. The molecular formula is C16H24N2O2. The molecule has 0 saturated heterocycles. The van der Waals surface area contributed by atoms with Crippen molar-refractivity contribution < 1.29 is 9.59 Å². The minimum atomic E-state index is -0.391. The van der Waals surface area contributed by atoms with Gasteiger partial charge in [0.25, 0.3) is 0 Å². The van der Waals surface area contributed by atoms with Crippen LogP contribution < -0.4 is 10.6 Å². The van der Waals surface area contributed by atoms with E-state index in [0.29, 0.717) is 0 Å². The van der Waals surface area contributed by atoms with Crippen LogP contribution in [-0.2, 0) is 9.59 Å². The van der Waals surface area contributed by atoms with Gasteiger partial charge >= 0.3 is 11.8 Å². The van der Waals surface area contributed by atoms with Gasteiger partial charge in [-0.25, -0.2) is 0 Å². The van der Waals surface area contributed by atoms with Crippen molar-refractivity contribution in [3.63, 3.8) is 0 Å². The summed E-state index contributed by atoms with van der Waals surface area (Å²) in [5, 5.41) is 6.12. The predicted octanol–water partition coefficient (Wildman–Crippen LogP) is 1.88. The largest absolute Gasteiger partial charge is 0.342 e. The molecule has 2 N–H and O–H groups in total. The number of hydrogen-bond acceptors (Lipinski definition) is 2. The second-order valence-corrected chi connectivity index (χ2v) is 7.76. The quantitative estimate of drug-likeness (QED) is 0.757.